The van der Waals surface area contributed by atoms with E-state index in [4.69, 9.17) is 4.74 Å². The molecule has 4 aromatic carbocycles. The maximum absolute atomic E-state index is 15.1. The summed E-state index contributed by atoms with van der Waals surface area (Å²) in [5, 5.41) is 2.97. The van der Waals surface area contributed by atoms with Crippen LogP contribution in [0.1, 0.15) is 37.0 Å². The van der Waals surface area contributed by atoms with Crippen LogP contribution in [0.5, 0.6) is 5.75 Å². The zero-order chi connectivity index (χ0) is 33.3. The van der Waals surface area contributed by atoms with Gasteiger partial charge in [-0.1, -0.05) is 85.3 Å². The minimum atomic E-state index is -4.31. The number of rotatable bonds is 14. The van der Waals surface area contributed by atoms with Crippen LogP contribution in [0.3, 0.4) is 0 Å². The van der Waals surface area contributed by atoms with Gasteiger partial charge in [0.1, 0.15) is 24.2 Å². The predicted molar refractivity (Wildman–Crippen MR) is 177 cm³/mol. The van der Waals surface area contributed by atoms with Crippen molar-refractivity contribution in [1.29, 1.82) is 0 Å². The number of methoxy groups -OCH3 is 1. The fraction of sp³-hybridized carbons (Fsp3) is 0.278. The summed E-state index contributed by atoms with van der Waals surface area (Å²) in [5.74, 6) is -1.42. The minimum absolute atomic E-state index is 0.0205. The number of nitrogens with one attached hydrogen (secondary N) is 1. The van der Waals surface area contributed by atoms with Crippen LogP contribution in [0.15, 0.2) is 108 Å². The molecule has 1 N–H and O–H groups in total. The van der Waals surface area contributed by atoms with Crippen LogP contribution in [-0.2, 0) is 32.6 Å². The molecule has 242 valence electrons. The van der Waals surface area contributed by atoms with Crippen molar-refractivity contribution in [3.8, 4) is 5.75 Å². The highest BCUT2D eigenvalue weighted by atomic mass is 32.2. The molecule has 0 heterocycles. The molecule has 46 heavy (non-hydrogen) atoms. The Kier molecular flexibility index (Phi) is 11.5. The number of anilines is 1. The largest absolute Gasteiger partial charge is 0.495 e. The van der Waals surface area contributed by atoms with Gasteiger partial charge in [0.05, 0.1) is 17.7 Å². The number of halogens is 1. The van der Waals surface area contributed by atoms with E-state index in [0.717, 1.165) is 15.4 Å². The Morgan fingerprint density at radius 3 is 2.17 bits per heavy atom. The second-order valence-electron chi connectivity index (χ2n) is 11.1. The Balaban J connectivity index is 1.84. The minimum Gasteiger partial charge on any atom is -0.495 e. The van der Waals surface area contributed by atoms with Crippen molar-refractivity contribution in [2.24, 2.45) is 0 Å². The van der Waals surface area contributed by atoms with Gasteiger partial charge in [-0.05, 0) is 56.2 Å². The highest BCUT2D eigenvalue weighted by Crippen LogP contribution is 2.33. The molecule has 4 aromatic rings. The van der Waals surface area contributed by atoms with E-state index in [1.807, 2.05) is 51.1 Å². The van der Waals surface area contributed by atoms with Crippen molar-refractivity contribution >= 4 is 27.5 Å². The van der Waals surface area contributed by atoms with E-state index >= 15 is 4.39 Å². The zero-order valence-electron chi connectivity index (χ0n) is 26.5. The Labute approximate surface area is 270 Å². The lowest BCUT2D eigenvalue weighted by Crippen LogP contribution is -2.54. The molecule has 0 unspecified atom stereocenters. The van der Waals surface area contributed by atoms with Gasteiger partial charge < -0.3 is 15.0 Å². The standard InChI is InChI=1S/C36H40FN3O5S/c1-5-27(3)38-36(42)33(23-28-13-7-6-8-14-28)39(24-29-15-9-10-16-31(29)37)35(41)25-40(32-17-11-12-18-34(32)45-4)46(43,44)30-21-19-26(2)20-22-30/h6-22,27,33H,5,23-25H2,1-4H3,(H,38,42)/t27-,33-/m0/s1. The number of amides is 2. The summed E-state index contributed by atoms with van der Waals surface area (Å²) in [7, 11) is -2.90. The SMILES string of the molecule is CC[C@H](C)NC(=O)[C@H](Cc1ccccc1)N(Cc1ccccc1F)C(=O)CN(c1ccccc1OC)S(=O)(=O)c1ccc(C)cc1. The molecule has 2 amide bonds. The molecular weight excluding hydrogens is 605 g/mol. The van der Waals surface area contributed by atoms with Crippen LogP contribution in [0, 0.1) is 12.7 Å². The summed E-state index contributed by atoms with van der Waals surface area (Å²) < 4.78 is 50.0. The summed E-state index contributed by atoms with van der Waals surface area (Å²) >= 11 is 0. The fourth-order valence-electron chi connectivity index (χ4n) is 4.99. The number of hydrogen-bond donors (Lipinski definition) is 1. The Bertz CT molecular complexity index is 1730. The molecule has 0 radical (unpaired) electrons. The zero-order valence-corrected chi connectivity index (χ0v) is 27.3. The van der Waals surface area contributed by atoms with Crippen molar-refractivity contribution in [2.45, 2.75) is 57.1 Å². The molecule has 2 atom stereocenters. The monoisotopic (exact) mass is 645 g/mol. The molecule has 0 saturated heterocycles. The van der Waals surface area contributed by atoms with Crippen molar-refractivity contribution in [1.82, 2.24) is 10.2 Å². The molecule has 0 aliphatic rings. The summed E-state index contributed by atoms with van der Waals surface area (Å²) in [6.45, 7) is 4.70. The van der Waals surface area contributed by atoms with Gasteiger partial charge in [-0.15, -0.1) is 0 Å². The number of carbonyl (C=O) groups is 2. The van der Waals surface area contributed by atoms with Gasteiger partial charge in [-0.3, -0.25) is 13.9 Å². The van der Waals surface area contributed by atoms with Crippen molar-refractivity contribution in [3.63, 3.8) is 0 Å². The number of aryl methyl sites for hydroxylation is 1. The summed E-state index contributed by atoms with van der Waals surface area (Å²) in [5.41, 5.74) is 1.99. The Morgan fingerprint density at radius 2 is 1.52 bits per heavy atom. The third kappa shape index (κ3) is 8.31. The van der Waals surface area contributed by atoms with Crippen molar-refractivity contribution < 1.29 is 27.1 Å². The maximum Gasteiger partial charge on any atom is 0.264 e. The summed E-state index contributed by atoms with van der Waals surface area (Å²) in [6.07, 6.45) is 0.782. The molecule has 4 rings (SSSR count). The molecular formula is C36H40FN3O5S. The molecule has 0 fully saturated rings. The molecule has 8 nitrogen and oxygen atoms in total. The first-order valence-corrected chi connectivity index (χ1v) is 16.6. The third-order valence-corrected chi connectivity index (χ3v) is 9.59. The lowest BCUT2D eigenvalue weighted by atomic mass is 10.0. The van der Waals surface area contributed by atoms with Crippen LogP contribution in [-0.4, -0.2) is 50.9 Å². The number of nitrogens with zero attached hydrogens (tertiary/aromatic N) is 2. The average Bonchev–Trinajstić information content (AvgIpc) is 3.06. The quantitative estimate of drug-likeness (QED) is 0.185. The number of benzene rings is 4. The molecule has 10 heteroatoms. The molecule has 0 bridgehead atoms. The highest BCUT2D eigenvalue weighted by molar-refractivity contribution is 7.92. The van der Waals surface area contributed by atoms with Crippen LogP contribution in [0.2, 0.25) is 0 Å². The van der Waals surface area contributed by atoms with Gasteiger partial charge in [-0.2, -0.15) is 0 Å². The fourth-order valence-corrected chi connectivity index (χ4v) is 6.42. The van der Waals surface area contributed by atoms with E-state index in [1.165, 1.54) is 30.2 Å². The van der Waals surface area contributed by atoms with Crippen LogP contribution >= 0.6 is 0 Å². The second-order valence-corrected chi connectivity index (χ2v) is 13.0. The smallest absolute Gasteiger partial charge is 0.264 e. The van der Waals surface area contributed by atoms with Gasteiger partial charge in [0.2, 0.25) is 11.8 Å². The van der Waals surface area contributed by atoms with E-state index < -0.39 is 40.2 Å². The van der Waals surface area contributed by atoms with Crippen LogP contribution in [0.4, 0.5) is 10.1 Å². The number of carbonyl (C=O) groups excluding carboxylic acids is 2. The second kappa shape index (κ2) is 15.5. The highest BCUT2D eigenvalue weighted by Gasteiger charge is 2.36. The molecule has 0 spiro atoms. The van der Waals surface area contributed by atoms with E-state index in [2.05, 4.69) is 5.32 Å². The number of hydrogen-bond acceptors (Lipinski definition) is 5. The van der Waals surface area contributed by atoms with Gasteiger partial charge in [0.25, 0.3) is 10.0 Å². The van der Waals surface area contributed by atoms with Crippen molar-refractivity contribution in [2.75, 3.05) is 18.0 Å². The predicted octanol–water partition coefficient (Wildman–Crippen LogP) is 5.89. The van der Waals surface area contributed by atoms with E-state index in [1.54, 1.807) is 54.6 Å². The number of sulfonamides is 1. The van der Waals surface area contributed by atoms with E-state index in [-0.39, 0.29) is 40.9 Å². The van der Waals surface area contributed by atoms with Gasteiger partial charge >= 0.3 is 0 Å². The van der Waals surface area contributed by atoms with E-state index in [9.17, 15) is 18.0 Å². The average molecular weight is 646 g/mol. The number of ether oxygens (including phenoxy) is 1. The lowest BCUT2D eigenvalue weighted by molar-refractivity contribution is -0.140. The maximum atomic E-state index is 15.1. The first-order valence-electron chi connectivity index (χ1n) is 15.1. The van der Waals surface area contributed by atoms with Gasteiger partial charge in [-0.25, -0.2) is 12.8 Å². The van der Waals surface area contributed by atoms with Crippen molar-refractivity contribution in [3.05, 3.63) is 126 Å². The third-order valence-electron chi connectivity index (χ3n) is 7.81. The Morgan fingerprint density at radius 1 is 0.891 bits per heavy atom. The molecule has 0 saturated carbocycles. The normalized spacial score (nSPS) is 12.5. The van der Waals surface area contributed by atoms with Gasteiger partial charge in [0, 0.05) is 24.6 Å². The summed E-state index contributed by atoms with van der Waals surface area (Å²) in [6, 6.07) is 26.8. The lowest BCUT2D eigenvalue weighted by Gasteiger charge is -2.34. The number of para-hydroxylation sites is 2. The van der Waals surface area contributed by atoms with Crippen LogP contribution < -0.4 is 14.4 Å². The van der Waals surface area contributed by atoms with Gasteiger partial charge in [0.15, 0.2) is 0 Å². The first-order chi connectivity index (χ1) is 22.0. The van der Waals surface area contributed by atoms with Crippen LogP contribution in [0.25, 0.3) is 0 Å². The topological polar surface area (TPSA) is 96.0 Å². The Hall–Kier alpha value is -4.70. The first kappa shape index (κ1) is 34.2. The summed E-state index contributed by atoms with van der Waals surface area (Å²) in [4.78, 5) is 29.7. The molecule has 0 aromatic heterocycles. The van der Waals surface area contributed by atoms with E-state index in [0.29, 0.717) is 6.42 Å². The molecule has 0 aliphatic heterocycles. The molecule has 0 aliphatic carbocycles.